The lowest BCUT2D eigenvalue weighted by atomic mass is 10.1. The molecule has 2 aromatic heterocycles. The predicted molar refractivity (Wildman–Crippen MR) is 95.7 cm³/mol. The molecule has 124 valence electrons. The topological polar surface area (TPSA) is 69.5 Å². The molecule has 0 radical (unpaired) electrons. The first-order chi connectivity index (χ1) is 11.0. The fraction of sp³-hybridized carbons (Fsp3) is 0.412. The second kappa shape index (κ2) is 8.08. The van der Waals surface area contributed by atoms with Crippen LogP contribution >= 0.6 is 11.3 Å². The Morgan fingerprint density at radius 1 is 1.30 bits per heavy atom. The summed E-state index contributed by atoms with van der Waals surface area (Å²) >= 11 is 1.55. The van der Waals surface area contributed by atoms with E-state index in [-0.39, 0.29) is 0 Å². The molecule has 6 heteroatoms. The third kappa shape index (κ3) is 5.33. The molecule has 0 spiro atoms. The Hall–Kier alpha value is -1.92. The van der Waals surface area contributed by atoms with E-state index in [0.29, 0.717) is 19.0 Å². The number of aliphatic hydroxyl groups is 1. The molecule has 1 atom stereocenters. The van der Waals surface area contributed by atoms with Crippen molar-refractivity contribution in [2.75, 3.05) is 13.1 Å². The average molecular weight is 332 g/mol. The SMILES string of the molecule is CCNC(=NCc1cccc(C)n1)NCC(C)(O)c1cccs1. The Kier molecular flexibility index (Phi) is 6.12. The lowest BCUT2D eigenvalue weighted by Crippen LogP contribution is -2.44. The van der Waals surface area contributed by atoms with Gasteiger partial charge in [-0.3, -0.25) is 4.98 Å². The fourth-order valence-corrected chi connectivity index (χ4v) is 2.90. The number of hydrogen-bond donors (Lipinski definition) is 3. The van der Waals surface area contributed by atoms with Gasteiger partial charge in [0.15, 0.2) is 5.96 Å². The normalized spacial score (nSPS) is 14.3. The highest BCUT2D eigenvalue weighted by molar-refractivity contribution is 7.10. The van der Waals surface area contributed by atoms with Crippen LogP contribution in [0.3, 0.4) is 0 Å². The van der Waals surface area contributed by atoms with E-state index >= 15 is 0 Å². The third-order valence-corrected chi connectivity index (χ3v) is 4.46. The molecule has 0 saturated heterocycles. The van der Waals surface area contributed by atoms with E-state index in [1.54, 1.807) is 18.3 Å². The number of hydrogen-bond acceptors (Lipinski definition) is 4. The molecule has 0 aromatic carbocycles. The highest BCUT2D eigenvalue weighted by Crippen LogP contribution is 2.24. The maximum absolute atomic E-state index is 10.6. The number of guanidine groups is 1. The van der Waals surface area contributed by atoms with Crippen LogP contribution in [-0.4, -0.2) is 29.1 Å². The van der Waals surface area contributed by atoms with Gasteiger partial charge in [-0.05, 0) is 44.4 Å². The lowest BCUT2D eigenvalue weighted by Gasteiger charge is -2.23. The van der Waals surface area contributed by atoms with Crippen molar-refractivity contribution in [3.63, 3.8) is 0 Å². The van der Waals surface area contributed by atoms with E-state index < -0.39 is 5.60 Å². The zero-order chi connectivity index (χ0) is 16.7. The second-order valence-electron chi connectivity index (χ2n) is 5.57. The van der Waals surface area contributed by atoms with Crippen LogP contribution in [0.4, 0.5) is 0 Å². The molecular weight excluding hydrogens is 308 g/mol. The summed E-state index contributed by atoms with van der Waals surface area (Å²) in [4.78, 5) is 9.91. The maximum Gasteiger partial charge on any atom is 0.191 e. The standard InChI is InChI=1S/C17H24N4OS/c1-4-18-16(19-11-14-8-5-7-13(2)21-14)20-12-17(3,22)15-9-6-10-23-15/h5-10,22H,4,11-12H2,1-3H3,(H2,18,19,20). The third-order valence-electron chi connectivity index (χ3n) is 3.34. The van der Waals surface area contributed by atoms with Crippen molar-refractivity contribution in [2.24, 2.45) is 4.99 Å². The minimum absolute atomic E-state index is 0.389. The Bertz CT molecular complexity index is 638. The van der Waals surface area contributed by atoms with E-state index in [1.165, 1.54) is 0 Å². The van der Waals surface area contributed by atoms with Gasteiger partial charge in [0, 0.05) is 17.1 Å². The highest BCUT2D eigenvalue weighted by atomic mass is 32.1. The minimum Gasteiger partial charge on any atom is -0.383 e. The molecule has 0 aliphatic rings. The van der Waals surface area contributed by atoms with E-state index in [4.69, 9.17) is 0 Å². The molecule has 2 heterocycles. The molecule has 5 nitrogen and oxygen atoms in total. The molecule has 0 amide bonds. The Morgan fingerprint density at radius 3 is 2.78 bits per heavy atom. The molecule has 0 aliphatic carbocycles. The van der Waals surface area contributed by atoms with Crippen molar-refractivity contribution in [3.8, 4) is 0 Å². The minimum atomic E-state index is -0.925. The van der Waals surface area contributed by atoms with Crippen LogP contribution in [0.5, 0.6) is 0 Å². The number of nitrogens with zero attached hydrogens (tertiary/aromatic N) is 2. The van der Waals surface area contributed by atoms with Gasteiger partial charge < -0.3 is 15.7 Å². The summed E-state index contributed by atoms with van der Waals surface area (Å²) < 4.78 is 0. The van der Waals surface area contributed by atoms with Crippen LogP contribution in [0.15, 0.2) is 40.7 Å². The monoisotopic (exact) mass is 332 g/mol. The zero-order valence-corrected chi connectivity index (χ0v) is 14.7. The first-order valence-electron chi connectivity index (χ1n) is 7.72. The van der Waals surface area contributed by atoms with Gasteiger partial charge in [-0.25, -0.2) is 4.99 Å². The molecule has 2 rings (SSSR count). The van der Waals surface area contributed by atoms with Gasteiger partial charge in [0.05, 0.1) is 18.8 Å². The van der Waals surface area contributed by atoms with E-state index in [1.807, 2.05) is 49.6 Å². The van der Waals surface area contributed by atoms with Gasteiger partial charge in [-0.15, -0.1) is 11.3 Å². The second-order valence-corrected chi connectivity index (χ2v) is 6.52. The molecular formula is C17H24N4OS. The number of aryl methyl sites for hydroxylation is 1. The smallest absolute Gasteiger partial charge is 0.191 e. The summed E-state index contributed by atoms with van der Waals surface area (Å²) in [6, 6.07) is 9.79. The molecule has 3 N–H and O–H groups in total. The highest BCUT2D eigenvalue weighted by Gasteiger charge is 2.24. The summed E-state index contributed by atoms with van der Waals surface area (Å²) in [7, 11) is 0. The van der Waals surface area contributed by atoms with Crippen molar-refractivity contribution in [2.45, 2.75) is 32.9 Å². The van der Waals surface area contributed by atoms with Crippen LogP contribution < -0.4 is 10.6 Å². The van der Waals surface area contributed by atoms with Gasteiger partial charge in [-0.2, -0.15) is 0 Å². The van der Waals surface area contributed by atoms with Gasteiger partial charge in [0.2, 0.25) is 0 Å². The number of aliphatic imine (C=N–C) groups is 1. The Morgan fingerprint density at radius 2 is 2.13 bits per heavy atom. The van der Waals surface area contributed by atoms with Gasteiger partial charge >= 0.3 is 0 Å². The van der Waals surface area contributed by atoms with Crippen molar-refractivity contribution in [1.82, 2.24) is 15.6 Å². The summed E-state index contributed by atoms with van der Waals surface area (Å²) in [6.07, 6.45) is 0. The summed E-state index contributed by atoms with van der Waals surface area (Å²) in [5.74, 6) is 0.674. The molecule has 1 unspecified atom stereocenters. The van der Waals surface area contributed by atoms with Gasteiger partial charge in [0.1, 0.15) is 5.60 Å². The number of nitrogens with one attached hydrogen (secondary N) is 2. The maximum atomic E-state index is 10.6. The quantitative estimate of drug-likeness (QED) is 0.561. The number of aromatic nitrogens is 1. The molecule has 0 bridgehead atoms. The average Bonchev–Trinajstić information content (AvgIpc) is 3.05. The van der Waals surface area contributed by atoms with Crippen LogP contribution in [0.25, 0.3) is 0 Å². The Balaban J connectivity index is 1.99. The van der Waals surface area contributed by atoms with E-state index in [2.05, 4.69) is 20.6 Å². The first-order valence-corrected chi connectivity index (χ1v) is 8.60. The van der Waals surface area contributed by atoms with Crippen molar-refractivity contribution in [1.29, 1.82) is 0 Å². The van der Waals surface area contributed by atoms with Crippen LogP contribution in [0, 0.1) is 6.92 Å². The van der Waals surface area contributed by atoms with Crippen molar-refractivity contribution < 1.29 is 5.11 Å². The van der Waals surface area contributed by atoms with Crippen molar-refractivity contribution >= 4 is 17.3 Å². The number of thiophene rings is 1. The van der Waals surface area contributed by atoms with Crippen molar-refractivity contribution in [3.05, 3.63) is 52.0 Å². The van der Waals surface area contributed by atoms with E-state index in [9.17, 15) is 5.11 Å². The summed E-state index contributed by atoms with van der Waals surface area (Å²) in [5.41, 5.74) is 0.981. The largest absolute Gasteiger partial charge is 0.383 e. The molecule has 0 aliphatic heterocycles. The lowest BCUT2D eigenvalue weighted by molar-refractivity contribution is 0.0655. The van der Waals surface area contributed by atoms with Gasteiger partial charge in [0.25, 0.3) is 0 Å². The molecule has 23 heavy (non-hydrogen) atoms. The predicted octanol–water partition coefficient (Wildman–Crippen LogP) is 2.41. The fourth-order valence-electron chi connectivity index (χ4n) is 2.12. The van der Waals surface area contributed by atoms with Crippen LogP contribution in [0.2, 0.25) is 0 Å². The zero-order valence-electron chi connectivity index (χ0n) is 13.8. The van der Waals surface area contributed by atoms with Crippen LogP contribution in [0.1, 0.15) is 30.1 Å². The Labute approximate surface area is 141 Å². The summed E-state index contributed by atoms with van der Waals surface area (Å²) in [6.45, 7) is 7.43. The first kappa shape index (κ1) is 17.4. The summed E-state index contributed by atoms with van der Waals surface area (Å²) in [5, 5.41) is 18.9. The van der Waals surface area contributed by atoms with Gasteiger partial charge in [-0.1, -0.05) is 12.1 Å². The molecule has 2 aromatic rings. The molecule has 0 saturated carbocycles. The van der Waals surface area contributed by atoms with E-state index in [0.717, 1.165) is 22.8 Å². The number of pyridine rings is 1. The number of rotatable bonds is 6. The molecule has 0 fully saturated rings. The van der Waals surface area contributed by atoms with Crippen LogP contribution in [-0.2, 0) is 12.1 Å².